The van der Waals surface area contributed by atoms with E-state index >= 15 is 0 Å². The minimum Gasteiger partial charge on any atom is -0.279 e. The standard InChI is InChI=1S/C15H13N3O4S/c1-9-4-2-5-10(8-9)23(21,22)18-12-7-3-6-11-13(12)15(20)17-16-14(11)19/h2-8,18H,1H3,(H,16,19)(H,17,20). The Kier molecular flexibility index (Phi) is 3.53. The summed E-state index contributed by atoms with van der Waals surface area (Å²) >= 11 is 0. The lowest BCUT2D eigenvalue weighted by Crippen LogP contribution is -2.21. The van der Waals surface area contributed by atoms with E-state index in [4.69, 9.17) is 0 Å². The largest absolute Gasteiger partial charge is 0.279 e. The first-order valence-corrected chi connectivity index (χ1v) is 8.20. The zero-order chi connectivity index (χ0) is 16.6. The van der Waals surface area contributed by atoms with Crippen molar-refractivity contribution >= 4 is 26.5 Å². The Morgan fingerprint density at radius 1 is 0.957 bits per heavy atom. The number of hydrogen-bond acceptors (Lipinski definition) is 4. The summed E-state index contributed by atoms with van der Waals surface area (Å²) in [4.78, 5) is 23.8. The van der Waals surface area contributed by atoms with E-state index in [1.54, 1.807) is 19.1 Å². The normalized spacial score (nSPS) is 11.5. The Morgan fingerprint density at radius 3 is 2.39 bits per heavy atom. The van der Waals surface area contributed by atoms with Gasteiger partial charge in [0.05, 0.1) is 21.4 Å². The second-order valence-corrected chi connectivity index (χ2v) is 6.74. The van der Waals surface area contributed by atoms with Crippen LogP contribution in [-0.2, 0) is 10.0 Å². The van der Waals surface area contributed by atoms with Crippen LogP contribution >= 0.6 is 0 Å². The van der Waals surface area contributed by atoms with Gasteiger partial charge in [0.2, 0.25) is 0 Å². The molecule has 0 fully saturated rings. The van der Waals surface area contributed by atoms with Crippen LogP contribution in [0, 0.1) is 6.92 Å². The number of aromatic amines is 2. The van der Waals surface area contributed by atoms with Gasteiger partial charge in [0.25, 0.3) is 21.1 Å². The lowest BCUT2D eigenvalue weighted by Gasteiger charge is -2.10. The second-order valence-electron chi connectivity index (χ2n) is 5.06. The third kappa shape index (κ3) is 2.76. The molecule has 2 aromatic carbocycles. The van der Waals surface area contributed by atoms with E-state index in [1.807, 2.05) is 0 Å². The minimum absolute atomic E-state index is 0.00696. The molecule has 0 amide bonds. The average molecular weight is 331 g/mol. The zero-order valence-corrected chi connectivity index (χ0v) is 12.9. The van der Waals surface area contributed by atoms with Crippen LogP contribution in [0.15, 0.2) is 56.9 Å². The van der Waals surface area contributed by atoms with Crippen LogP contribution < -0.4 is 15.8 Å². The van der Waals surface area contributed by atoms with Gasteiger partial charge in [-0.05, 0) is 36.8 Å². The SMILES string of the molecule is Cc1cccc(S(=O)(=O)Nc2cccc3c(=O)[nH][nH]c(=O)c23)c1. The molecule has 1 heterocycles. The maximum Gasteiger partial charge on any atom is 0.272 e. The molecule has 0 saturated carbocycles. The minimum atomic E-state index is -3.87. The number of aromatic nitrogens is 2. The molecule has 3 N–H and O–H groups in total. The first-order chi connectivity index (χ1) is 10.9. The van der Waals surface area contributed by atoms with Crippen LogP contribution in [0.1, 0.15) is 5.56 Å². The number of sulfonamides is 1. The number of aryl methyl sites for hydroxylation is 1. The fraction of sp³-hybridized carbons (Fsp3) is 0.0667. The van der Waals surface area contributed by atoms with Crippen LogP contribution in [0.3, 0.4) is 0 Å². The molecule has 0 aliphatic rings. The molecule has 0 radical (unpaired) electrons. The summed E-state index contributed by atoms with van der Waals surface area (Å²) in [5, 5.41) is 4.49. The number of fused-ring (bicyclic) bond motifs is 1. The van der Waals surface area contributed by atoms with Gasteiger partial charge >= 0.3 is 0 Å². The fourth-order valence-corrected chi connectivity index (χ4v) is 3.48. The molecule has 0 spiro atoms. The van der Waals surface area contributed by atoms with Gasteiger partial charge in [0, 0.05) is 0 Å². The Balaban J connectivity index is 2.18. The predicted molar refractivity (Wildman–Crippen MR) is 87.2 cm³/mol. The van der Waals surface area contributed by atoms with Gasteiger partial charge in [0.15, 0.2) is 0 Å². The highest BCUT2D eigenvalue weighted by atomic mass is 32.2. The van der Waals surface area contributed by atoms with Crippen molar-refractivity contribution < 1.29 is 8.42 Å². The van der Waals surface area contributed by atoms with Gasteiger partial charge in [-0.25, -0.2) is 8.42 Å². The molecule has 0 unspecified atom stereocenters. The highest BCUT2D eigenvalue weighted by Gasteiger charge is 2.17. The summed E-state index contributed by atoms with van der Waals surface area (Å²) in [7, 11) is -3.87. The lowest BCUT2D eigenvalue weighted by atomic mass is 10.2. The summed E-state index contributed by atoms with van der Waals surface area (Å²) in [6, 6.07) is 10.8. The van der Waals surface area contributed by atoms with Crippen molar-refractivity contribution in [3.63, 3.8) is 0 Å². The monoisotopic (exact) mass is 331 g/mol. The molecular weight excluding hydrogens is 318 g/mol. The summed E-state index contributed by atoms with van der Waals surface area (Å²) < 4.78 is 27.3. The highest BCUT2D eigenvalue weighted by molar-refractivity contribution is 7.92. The number of benzene rings is 2. The van der Waals surface area contributed by atoms with Crippen molar-refractivity contribution in [2.24, 2.45) is 0 Å². The van der Waals surface area contributed by atoms with E-state index in [0.29, 0.717) is 0 Å². The third-order valence-electron chi connectivity index (χ3n) is 3.37. The molecule has 0 aliphatic heterocycles. The molecular formula is C15H13N3O4S. The van der Waals surface area contributed by atoms with Crippen molar-refractivity contribution in [1.82, 2.24) is 10.2 Å². The van der Waals surface area contributed by atoms with Crippen LogP contribution in [0.4, 0.5) is 5.69 Å². The number of rotatable bonds is 3. The fourth-order valence-electron chi connectivity index (χ4n) is 2.30. The molecule has 0 atom stereocenters. The summed E-state index contributed by atoms with van der Waals surface area (Å²) in [5.74, 6) is 0. The van der Waals surface area contributed by atoms with Crippen molar-refractivity contribution in [3.8, 4) is 0 Å². The van der Waals surface area contributed by atoms with E-state index < -0.39 is 21.1 Å². The quantitative estimate of drug-likeness (QED) is 0.672. The van der Waals surface area contributed by atoms with Gasteiger partial charge < -0.3 is 0 Å². The van der Waals surface area contributed by atoms with Crippen molar-refractivity contribution in [3.05, 3.63) is 68.7 Å². The molecule has 118 valence electrons. The van der Waals surface area contributed by atoms with Gasteiger partial charge in [-0.1, -0.05) is 18.2 Å². The first-order valence-electron chi connectivity index (χ1n) is 6.72. The Hall–Kier alpha value is -2.87. The lowest BCUT2D eigenvalue weighted by molar-refractivity contribution is 0.601. The maximum absolute atomic E-state index is 12.5. The Morgan fingerprint density at radius 2 is 1.65 bits per heavy atom. The molecule has 7 nitrogen and oxygen atoms in total. The maximum atomic E-state index is 12.5. The molecule has 1 aromatic heterocycles. The van der Waals surface area contributed by atoms with E-state index in [0.717, 1.165) is 5.56 Å². The molecule has 3 rings (SSSR count). The van der Waals surface area contributed by atoms with E-state index in [-0.39, 0.29) is 21.4 Å². The van der Waals surface area contributed by atoms with Crippen LogP contribution in [0.5, 0.6) is 0 Å². The van der Waals surface area contributed by atoms with E-state index in [9.17, 15) is 18.0 Å². The van der Waals surface area contributed by atoms with Gasteiger partial charge in [-0.3, -0.25) is 24.5 Å². The smallest absolute Gasteiger partial charge is 0.272 e. The Bertz CT molecular complexity index is 1110. The molecule has 0 aliphatic carbocycles. The summed E-state index contributed by atoms with van der Waals surface area (Å²) in [6.07, 6.45) is 0. The van der Waals surface area contributed by atoms with Gasteiger partial charge in [-0.2, -0.15) is 0 Å². The van der Waals surface area contributed by atoms with E-state index in [1.165, 1.54) is 30.3 Å². The summed E-state index contributed by atoms with van der Waals surface area (Å²) in [5.41, 5.74) is -0.241. The van der Waals surface area contributed by atoms with Gasteiger partial charge in [0.1, 0.15) is 0 Å². The highest BCUT2D eigenvalue weighted by Crippen LogP contribution is 2.21. The van der Waals surface area contributed by atoms with E-state index in [2.05, 4.69) is 14.9 Å². The first kappa shape index (κ1) is 15.0. The topological polar surface area (TPSA) is 112 Å². The predicted octanol–water partition coefficient (Wildman–Crippen LogP) is 1.33. The van der Waals surface area contributed by atoms with Crippen LogP contribution in [-0.4, -0.2) is 18.6 Å². The molecule has 0 bridgehead atoms. The molecule has 8 heteroatoms. The van der Waals surface area contributed by atoms with Crippen molar-refractivity contribution in [2.75, 3.05) is 4.72 Å². The van der Waals surface area contributed by atoms with Crippen molar-refractivity contribution in [1.29, 1.82) is 0 Å². The van der Waals surface area contributed by atoms with Crippen molar-refractivity contribution in [2.45, 2.75) is 11.8 Å². The Labute approximate surface area is 131 Å². The van der Waals surface area contributed by atoms with Crippen LogP contribution in [0.25, 0.3) is 10.8 Å². The molecule has 0 saturated heterocycles. The summed E-state index contributed by atoms with van der Waals surface area (Å²) in [6.45, 7) is 1.78. The number of H-pyrrole nitrogens is 2. The number of hydrogen-bond donors (Lipinski definition) is 3. The van der Waals surface area contributed by atoms with Crippen LogP contribution in [0.2, 0.25) is 0 Å². The molecule has 23 heavy (non-hydrogen) atoms. The average Bonchev–Trinajstić information content (AvgIpc) is 2.51. The molecule has 3 aromatic rings. The van der Waals surface area contributed by atoms with Gasteiger partial charge in [-0.15, -0.1) is 0 Å². The second kappa shape index (κ2) is 5.40. The number of anilines is 1. The number of nitrogens with one attached hydrogen (secondary N) is 3. The third-order valence-corrected chi connectivity index (χ3v) is 4.73. The zero-order valence-electron chi connectivity index (χ0n) is 12.1.